The highest BCUT2D eigenvalue weighted by atomic mass is 16.1. The number of nitrogens with zero attached hydrogens (tertiary/aromatic N) is 1. The average Bonchev–Trinajstić information content (AvgIpc) is 3.07. The van der Waals surface area contributed by atoms with Gasteiger partial charge in [-0.05, 0) is 67.2 Å². The molecule has 0 saturated heterocycles. The second-order valence-corrected chi connectivity index (χ2v) is 7.71. The van der Waals surface area contributed by atoms with Crippen molar-refractivity contribution in [3.63, 3.8) is 0 Å². The van der Waals surface area contributed by atoms with Crippen LogP contribution in [0.2, 0.25) is 0 Å². The molecule has 124 valence electrons. The van der Waals surface area contributed by atoms with Crippen molar-refractivity contribution in [2.24, 2.45) is 17.3 Å². The first-order valence-electron chi connectivity index (χ1n) is 8.99. The molecule has 24 heavy (non-hydrogen) atoms. The number of carbonyl (C=O) groups excluding carboxylic acids is 1. The number of nitrogen functional groups attached to an aromatic ring is 1. The first-order chi connectivity index (χ1) is 11.7. The Morgan fingerprint density at radius 3 is 2.96 bits per heavy atom. The monoisotopic (exact) mass is 321 g/mol. The van der Waals surface area contributed by atoms with Crippen molar-refractivity contribution < 1.29 is 4.79 Å². The maximum Gasteiger partial charge on any atom is 0.226 e. The number of rotatable bonds is 4. The van der Waals surface area contributed by atoms with Gasteiger partial charge in [-0.2, -0.15) is 0 Å². The van der Waals surface area contributed by atoms with Crippen LogP contribution in [0.3, 0.4) is 0 Å². The van der Waals surface area contributed by atoms with Crippen molar-refractivity contribution in [2.75, 3.05) is 12.3 Å². The third-order valence-electron chi connectivity index (χ3n) is 6.53. The summed E-state index contributed by atoms with van der Waals surface area (Å²) in [7, 11) is 0. The first kappa shape index (κ1) is 14.1. The van der Waals surface area contributed by atoms with Crippen LogP contribution in [-0.2, 0) is 11.2 Å². The molecular weight excluding hydrogens is 298 g/mol. The average molecular weight is 321 g/mol. The van der Waals surface area contributed by atoms with Crippen molar-refractivity contribution in [3.05, 3.63) is 47.8 Å². The number of pyridine rings is 1. The van der Waals surface area contributed by atoms with Crippen LogP contribution >= 0.6 is 0 Å². The van der Waals surface area contributed by atoms with Gasteiger partial charge in [0.1, 0.15) is 0 Å². The van der Waals surface area contributed by atoms with Gasteiger partial charge in [0.05, 0.1) is 17.6 Å². The summed E-state index contributed by atoms with van der Waals surface area (Å²) in [5.74, 6) is 1.63. The van der Waals surface area contributed by atoms with E-state index < -0.39 is 0 Å². The van der Waals surface area contributed by atoms with Crippen LogP contribution in [0.1, 0.15) is 31.4 Å². The number of hydrogen-bond acceptors (Lipinski definition) is 2. The summed E-state index contributed by atoms with van der Waals surface area (Å²) < 4.78 is 2.00. The molecule has 2 fully saturated rings. The van der Waals surface area contributed by atoms with Crippen LogP contribution < -0.4 is 11.1 Å². The normalized spacial score (nSPS) is 26.1. The van der Waals surface area contributed by atoms with Crippen molar-refractivity contribution in [1.82, 2.24) is 9.72 Å². The highest BCUT2D eigenvalue weighted by molar-refractivity contribution is 5.80. The molecule has 2 saturated carbocycles. The topological polar surface area (TPSA) is 59.5 Å². The standard InChI is InChI=1S/C20H23N3O/c21-17-2-1-9-23-15(4-6-18(17)23)11-19(24)22-12-13-10-14-3-5-16(13)20(14)7-8-20/h1-2,4,6,9-10,14,16H,3,5,7-8,11-12,21H2,(H,22,24). The Balaban J connectivity index is 1.25. The number of anilines is 1. The maximum absolute atomic E-state index is 12.4. The van der Waals surface area contributed by atoms with Gasteiger partial charge in [-0.1, -0.05) is 11.6 Å². The Morgan fingerprint density at radius 2 is 2.17 bits per heavy atom. The number of nitrogens with two attached hydrogens (primary N) is 1. The SMILES string of the molecule is Nc1cccn2c(CC(=O)NCC3=CC4CCC3C43CC3)ccc12. The lowest BCUT2D eigenvalue weighted by Gasteiger charge is -2.17. The second-order valence-electron chi connectivity index (χ2n) is 7.71. The first-order valence-corrected chi connectivity index (χ1v) is 8.99. The lowest BCUT2D eigenvalue weighted by Crippen LogP contribution is -2.29. The third-order valence-corrected chi connectivity index (χ3v) is 6.53. The molecule has 3 aliphatic rings. The van der Waals surface area contributed by atoms with E-state index in [1.165, 1.54) is 31.3 Å². The van der Waals surface area contributed by atoms with Gasteiger partial charge in [0.2, 0.25) is 5.91 Å². The molecule has 2 aromatic rings. The summed E-state index contributed by atoms with van der Waals surface area (Å²) in [6.07, 6.45) is 10.3. The molecule has 3 aliphatic carbocycles. The van der Waals surface area contributed by atoms with Crippen molar-refractivity contribution in [2.45, 2.75) is 32.1 Å². The van der Waals surface area contributed by atoms with E-state index in [4.69, 9.17) is 5.73 Å². The van der Waals surface area contributed by atoms with Gasteiger partial charge >= 0.3 is 0 Å². The van der Waals surface area contributed by atoms with E-state index in [-0.39, 0.29) is 5.91 Å². The largest absolute Gasteiger partial charge is 0.397 e. The van der Waals surface area contributed by atoms with E-state index in [0.29, 0.717) is 11.8 Å². The molecule has 1 spiro atoms. The molecule has 2 unspecified atom stereocenters. The zero-order valence-corrected chi connectivity index (χ0v) is 13.8. The third kappa shape index (κ3) is 1.95. The van der Waals surface area contributed by atoms with Crippen LogP contribution in [0, 0.1) is 17.3 Å². The molecule has 0 aromatic carbocycles. The van der Waals surface area contributed by atoms with Gasteiger partial charge in [0.25, 0.3) is 0 Å². The summed E-state index contributed by atoms with van der Waals surface area (Å²) in [6.45, 7) is 0.729. The van der Waals surface area contributed by atoms with Crippen LogP contribution in [-0.4, -0.2) is 16.9 Å². The molecule has 4 heteroatoms. The number of allylic oxidation sites excluding steroid dienone is 1. The van der Waals surface area contributed by atoms with E-state index >= 15 is 0 Å². The Bertz CT molecular complexity index is 859. The fraction of sp³-hybridized carbons (Fsp3) is 0.450. The Morgan fingerprint density at radius 1 is 1.29 bits per heavy atom. The molecule has 0 radical (unpaired) electrons. The van der Waals surface area contributed by atoms with Gasteiger partial charge in [-0.15, -0.1) is 0 Å². The number of amides is 1. The number of carbonyl (C=O) groups is 1. The highest BCUT2D eigenvalue weighted by Crippen LogP contribution is 2.70. The van der Waals surface area contributed by atoms with Crippen LogP contribution in [0.4, 0.5) is 5.69 Å². The van der Waals surface area contributed by atoms with Gasteiger partial charge < -0.3 is 15.5 Å². The van der Waals surface area contributed by atoms with Gasteiger partial charge in [0, 0.05) is 18.4 Å². The number of hydrogen-bond donors (Lipinski definition) is 2. The second kappa shape index (κ2) is 4.88. The lowest BCUT2D eigenvalue weighted by atomic mass is 9.90. The molecular formula is C20H23N3O. The van der Waals surface area contributed by atoms with E-state index in [1.807, 2.05) is 34.9 Å². The zero-order valence-electron chi connectivity index (χ0n) is 13.8. The predicted octanol–water partition coefficient (Wildman–Crippen LogP) is 2.93. The molecule has 5 rings (SSSR count). The summed E-state index contributed by atoms with van der Waals surface area (Å²) in [6, 6.07) is 7.77. The van der Waals surface area contributed by atoms with Crippen LogP contribution in [0.5, 0.6) is 0 Å². The zero-order chi connectivity index (χ0) is 16.3. The Labute approximate surface area is 141 Å². The molecule has 4 nitrogen and oxygen atoms in total. The quantitative estimate of drug-likeness (QED) is 0.851. The molecule has 2 bridgehead atoms. The van der Waals surface area contributed by atoms with E-state index in [9.17, 15) is 4.79 Å². The van der Waals surface area contributed by atoms with Gasteiger partial charge in [-0.3, -0.25) is 4.79 Å². The number of fused-ring (bicyclic) bond motifs is 1. The number of nitrogens with one attached hydrogen (secondary N) is 1. The smallest absolute Gasteiger partial charge is 0.226 e. The molecule has 1 amide bonds. The summed E-state index contributed by atoms with van der Waals surface area (Å²) >= 11 is 0. The van der Waals surface area contributed by atoms with Crippen LogP contribution in [0.25, 0.3) is 5.52 Å². The molecule has 0 aliphatic heterocycles. The Hall–Kier alpha value is -2.23. The highest BCUT2D eigenvalue weighted by Gasteiger charge is 2.61. The minimum absolute atomic E-state index is 0.0888. The Kier molecular flexibility index (Phi) is 2.88. The molecule has 3 N–H and O–H groups in total. The minimum atomic E-state index is 0.0888. The van der Waals surface area contributed by atoms with E-state index in [0.717, 1.165) is 35.3 Å². The van der Waals surface area contributed by atoms with Gasteiger partial charge in [0.15, 0.2) is 0 Å². The number of aromatic nitrogens is 1. The summed E-state index contributed by atoms with van der Waals surface area (Å²) in [5.41, 5.74) is 10.8. The minimum Gasteiger partial charge on any atom is -0.397 e. The van der Waals surface area contributed by atoms with E-state index in [2.05, 4.69) is 11.4 Å². The van der Waals surface area contributed by atoms with Crippen molar-refractivity contribution in [3.8, 4) is 0 Å². The summed E-state index contributed by atoms with van der Waals surface area (Å²) in [5, 5.41) is 3.14. The molecule has 2 heterocycles. The fourth-order valence-electron chi connectivity index (χ4n) is 5.20. The maximum atomic E-state index is 12.4. The van der Waals surface area contributed by atoms with Crippen molar-refractivity contribution in [1.29, 1.82) is 0 Å². The molecule has 2 aromatic heterocycles. The van der Waals surface area contributed by atoms with Gasteiger partial charge in [-0.25, -0.2) is 0 Å². The van der Waals surface area contributed by atoms with Crippen LogP contribution in [0.15, 0.2) is 42.1 Å². The van der Waals surface area contributed by atoms with E-state index in [1.54, 1.807) is 0 Å². The predicted molar refractivity (Wildman–Crippen MR) is 94.5 cm³/mol. The summed E-state index contributed by atoms with van der Waals surface area (Å²) in [4.78, 5) is 12.4. The van der Waals surface area contributed by atoms with Crippen molar-refractivity contribution >= 4 is 17.1 Å². The fourth-order valence-corrected chi connectivity index (χ4v) is 5.20. The molecule has 2 atom stereocenters. The lowest BCUT2D eigenvalue weighted by molar-refractivity contribution is -0.120.